The van der Waals surface area contributed by atoms with Crippen molar-refractivity contribution >= 4 is 32.6 Å². The topological polar surface area (TPSA) is 46.2 Å². The molecule has 1 atom stereocenters. The summed E-state index contributed by atoms with van der Waals surface area (Å²) in [6.45, 7) is 9.17. The highest BCUT2D eigenvalue weighted by atomic mass is 127. The van der Waals surface area contributed by atoms with Gasteiger partial charge in [0.25, 0.3) is 0 Å². The Kier molecular flexibility index (Phi) is 5.35. The molecule has 0 aliphatic rings. The van der Waals surface area contributed by atoms with Crippen molar-refractivity contribution in [3.63, 3.8) is 0 Å². The van der Waals surface area contributed by atoms with E-state index in [2.05, 4.69) is 27.3 Å². The minimum Gasteiger partial charge on any atom is -0.212 e. The second kappa shape index (κ2) is 5.12. The van der Waals surface area contributed by atoms with Crippen LogP contribution in [0.2, 0.25) is 0 Å². The van der Waals surface area contributed by atoms with E-state index in [0.717, 1.165) is 4.43 Å². The highest BCUT2D eigenvalue weighted by molar-refractivity contribution is 14.1. The van der Waals surface area contributed by atoms with E-state index in [-0.39, 0.29) is 6.04 Å². The molecule has 86 valence electrons. The van der Waals surface area contributed by atoms with Crippen LogP contribution >= 0.6 is 22.6 Å². The maximum atomic E-state index is 11.8. The fourth-order valence-electron chi connectivity index (χ4n) is 0.722. The Morgan fingerprint density at radius 1 is 1.29 bits per heavy atom. The Morgan fingerprint density at radius 2 is 1.71 bits per heavy atom. The molecule has 0 aromatic heterocycles. The first-order valence-corrected chi connectivity index (χ1v) is 7.70. The Balaban J connectivity index is 4.67. The van der Waals surface area contributed by atoms with Crippen LogP contribution in [0, 0.1) is 5.92 Å². The molecule has 1 unspecified atom stereocenters. The van der Waals surface area contributed by atoms with E-state index in [9.17, 15) is 8.42 Å². The van der Waals surface area contributed by atoms with Crippen molar-refractivity contribution in [1.29, 1.82) is 0 Å². The molecule has 0 amide bonds. The summed E-state index contributed by atoms with van der Waals surface area (Å²) in [4.78, 5) is 0. The maximum Gasteiger partial charge on any atom is 0.216 e. The number of hydrogen-bond acceptors (Lipinski definition) is 2. The Hall–Kier alpha value is 0.640. The van der Waals surface area contributed by atoms with E-state index in [0.29, 0.717) is 5.92 Å². The van der Waals surface area contributed by atoms with Gasteiger partial charge in [-0.15, -0.1) is 0 Å². The van der Waals surface area contributed by atoms with Crippen molar-refractivity contribution in [2.24, 2.45) is 5.92 Å². The molecule has 0 rings (SSSR count). The van der Waals surface area contributed by atoms with Crippen LogP contribution in [0.3, 0.4) is 0 Å². The molecule has 3 nitrogen and oxygen atoms in total. The monoisotopic (exact) mass is 333 g/mol. The Morgan fingerprint density at radius 3 is 1.93 bits per heavy atom. The van der Waals surface area contributed by atoms with Crippen LogP contribution in [-0.2, 0) is 10.0 Å². The summed E-state index contributed by atoms with van der Waals surface area (Å²) >= 11 is 2.21. The van der Waals surface area contributed by atoms with E-state index in [1.807, 2.05) is 13.8 Å². The number of nitrogens with one attached hydrogen (secondary N) is 1. The van der Waals surface area contributed by atoms with Crippen LogP contribution in [0.15, 0.2) is 0 Å². The van der Waals surface area contributed by atoms with Gasteiger partial charge in [-0.2, -0.15) is 0 Å². The van der Waals surface area contributed by atoms with Crippen molar-refractivity contribution in [1.82, 2.24) is 4.72 Å². The molecule has 14 heavy (non-hydrogen) atoms. The molecule has 0 aliphatic carbocycles. The average Bonchev–Trinajstić information content (AvgIpc) is 1.97. The van der Waals surface area contributed by atoms with Gasteiger partial charge in [0.2, 0.25) is 10.0 Å². The lowest BCUT2D eigenvalue weighted by Gasteiger charge is -2.26. The number of rotatable bonds is 4. The minimum atomic E-state index is -3.21. The van der Waals surface area contributed by atoms with E-state index >= 15 is 0 Å². The fraction of sp³-hybridized carbons (Fsp3) is 1.00. The molecule has 0 fully saturated rings. The van der Waals surface area contributed by atoms with Crippen molar-refractivity contribution in [3.8, 4) is 0 Å². The first-order chi connectivity index (χ1) is 6.12. The lowest BCUT2D eigenvalue weighted by Crippen LogP contribution is -2.47. The molecule has 0 saturated heterocycles. The molecule has 0 aromatic carbocycles. The van der Waals surface area contributed by atoms with E-state index < -0.39 is 14.8 Å². The van der Waals surface area contributed by atoms with Crippen molar-refractivity contribution in [2.45, 2.75) is 45.4 Å². The highest BCUT2D eigenvalue weighted by Gasteiger charge is 2.31. The summed E-state index contributed by atoms with van der Waals surface area (Å²) in [5.41, 5.74) is 0. The molecule has 1 N–H and O–H groups in total. The van der Waals surface area contributed by atoms with Gasteiger partial charge in [-0.25, -0.2) is 13.1 Å². The number of alkyl halides is 1. The third kappa shape index (κ3) is 4.02. The third-order valence-electron chi connectivity index (χ3n) is 2.08. The number of sulfonamides is 1. The van der Waals surface area contributed by atoms with Crippen LogP contribution in [0.25, 0.3) is 0 Å². The first-order valence-electron chi connectivity index (χ1n) is 4.69. The fourth-order valence-corrected chi connectivity index (χ4v) is 3.37. The van der Waals surface area contributed by atoms with Gasteiger partial charge in [0.1, 0.15) is 0 Å². The molecular formula is C9H20INO2S. The second-order valence-electron chi connectivity index (χ2n) is 4.74. The van der Waals surface area contributed by atoms with E-state index in [1.54, 1.807) is 20.8 Å². The normalized spacial score (nSPS) is 15.9. The lowest BCUT2D eigenvalue weighted by molar-refractivity contribution is 0.472. The zero-order chi connectivity index (χ0) is 11.6. The van der Waals surface area contributed by atoms with Gasteiger partial charge in [-0.1, -0.05) is 36.4 Å². The molecule has 5 heteroatoms. The van der Waals surface area contributed by atoms with E-state index in [1.165, 1.54) is 0 Å². The van der Waals surface area contributed by atoms with Crippen LogP contribution in [0.1, 0.15) is 34.6 Å². The quantitative estimate of drug-likeness (QED) is 0.633. The van der Waals surface area contributed by atoms with Gasteiger partial charge in [-0.3, -0.25) is 0 Å². The largest absolute Gasteiger partial charge is 0.216 e. The predicted octanol–water partition coefficient (Wildman–Crippen LogP) is 2.16. The van der Waals surface area contributed by atoms with Crippen LogP contribution in [-0.4, -0.2) is 23.6 Å². The molecule has 0 radical (unpaired) electrons. The van der Waals surface area contributed by atoms with Gasteiger partial charge >= 0.3 is 0 Å². The minimum absolute atomic E-state index is 0.0276. The number of halogens is 1. The Bertz CT molecular complexity index is 267. The number of hydrogen-bond donors (Lipinski definition) is 1. The van der Waals surface area contributed by atoms with Crippen LogP contribution in [0.4, 0.5) is 0 Å². The molecule has 0 saturated carbocycles. The van der Waals surface area contributed by atoms with Gasteiger partial charge in [0.05, 0.1) is 4.75 Å². The van der Waals surface area contributed by atoms with E-state index in [4.69, 9.17) is 0 Å². The predicted molar refractivity (Wildman–Crippen MR) is 69.3 cm³/mol. The summed E-state index contributed by atoms with van der Waals surface area (Å²) in [6.07, 6.45) is 0. The van der Waals surface area contributed by atoms with Gasteiger partial charge < -0.3 is 0 Å². The van der Waals surface area contributed by atoms with Gasteiger partial charge in [0.15, 0.2) is 0 Å². The van der Waals surface area contributed by atoms with Gasteiger partial charge in [0, 0.05) is 10.5 Å². The third-order valence-corrected chi connectivity index (χ3v) is 5.26. The van der Waals surface area contributed by atoms with Crippen LogP contribution in [0.5, 0.6) is 0 Å². The summed E-state index contributed by atoms with van der Waals surface area (Å²) in [5.74, 6) is 0.323. The molecule has 0 spiro atoms. The second-order valence-corrected chi connectivity index (χ2v) is 8.09. The SMILES string of the molecule is CC(C)C(CI)NS(=O)(=O)C(C)(C)C. The zero-order valence-electron chi connectivity index (χ0n) is 9.46. The first kappa shape index (κ1) is 14.6. The summed E-state index contributed by atoms with van der Waals surface area (Å²) < 4.78 is 26.4. The van der Waals surface area contributed by atoms with Crippen molar-refractivity contribution in [3.05, 3.63) is 0 Å². The molecule has 0 aromatic rings. The smallest absolute Gasteiger partial charge is 0.212 e. The average molecular weight is 333 g/mol. The summed E-state index contributed by atoms with van der Waals surface area (Å²) in [5, 5.41) is 0. The lowest BCUT2D eigenvalue weighted by atomic mass is 10.1. The standard InChI is InChI=1S/C9H20INO2S/c1-7(2)8(6-10)11-14(12,13)9(3,4)5/h7-8,11H,6H2,1-5H3. The molecular weight excluding hydrogens is 313 g/mol. The molecule has 0 aliphatic heterocycles. The van der Waals surface area contributed by atoms with Crippen LogP contribution < -0.4 is 4.72 Å². The summed E-state index contributed by atoms with van der Waals surface area (Å²) in [6, 6.07) is 0.0276. The van der Waals surface area contributed by atoms with Crippen molar-refractivity contribution in [2.75, 3.05) is 4.43 Å². The highest BCUT2D eigenvalue weighted by Crippen LogP contribution is 2.16. The Labute approximate surface area is 101 Å². The van der Waals surface area contributed by atoms with Gasteiger partial charge in [-0.05, 0) is 26.7 Å². The molecule has 0 heterocycles. The van der Waals surface area contributed by atoms with Crippen molar-refractivity contribution < 1.29 is 8.42 Å². The summed E-state index contributed by atoms with van der Waals surface area (Å²) in [7, 11) is -3.21. The maximum absolute atomic E-state index is 11.8. The molecule has 0 bridgehead atoms. The zero-order valence-corrected chi connectivity index (χ0v) is 12.4.